The lowest BCUT2D eigenvalue weighted by molar-refractivity contribution is 0.479. The molecule has 0 aliphatic heterocycles. The van der Waals surface area contributed by atoms with Crippen LogP contribution in [0.15, 0.2) is 12.1 Å². The van der Waals surface area contributed by atoms with Crippen molar-refractivity contribution in [3.05, 3.63) is 12.1 Å². The molecule has 16 heavy (non-hydrogen) atoms. The fourth-order valence-corrected chi connectivity index (χ4v) is 1.70. The molecule has 0 spiro atoms. The molecule has 2 aromatic carbocycles. The summed E-state index contributed by atoms with van der Waals surface area (Å²) in [6, 6.07) is 2.69. The summed E-state index contributed by atoms with van der Waals surface area (Å²) in [5.74, 6) is -0.422. The molecule has 10 N–H and O–H groups in total. The first-order valence-electron chi connectivity index (χ1n) is 4.51. The van der Waals surface area contributed by atoms with Gasteiger partial charge in [0.1, 0.15) is 11.5 Å². The van der Waals surface area contributed by atoms with E-state index in [-0.39, 0.29) is 45.0 Å². The van der Waals surface area contributed by atoms with Gasteiger partial charge in [0.2, 0.25) is 0 Å². The number of benzene rings is 2. The van der Waals surface area contributed by atoms with Gasteiger partial charge in [-0.05, 0) is 12.1 Å². The number of phenolic OH excluding ortho intramolecular Hbond substituents is 2. The van der Waals surface area contributed by atoms with E-state index in [2.05, 4.69) is 0 Å². The van der Waals surface area contributed by atoms with Crippen molar-refractivity contribution in [2.45, 2.75) is 0 Å². The third-order valence-corrected chi connectivity index (χ3v) is 2.47. The van der Waals surface area contributed by atoms with E-state index in [0.29, 0.717) is 0 Å². The van der Waals surface area contributed by atoms with Crippen LogP contribution in [0.25, 0.3) is 10.8 Å². The van der Waals surface area contributed by atoms with E-state index in [0.717, 1.165) is 0 Å². The molecule has 0 aliphatic rings. The second-order valence-corrected chi connectivity index (χ2v) is 3.56. The topological polar surface area (TPSA) is 145 Å². The van der Waals surface area contributed by atoms with Gasteiger partial charge in [-0.3, -0.25) is 0 Å². The predicted molar refractivity (Wildman–Crippen MR) is 64.9 cm³/mol. The molecule has 0 aromatic heterocycles. The fraction of sp³-hybridized carbons (Fsp3) is 0. The van der Waals surface area contributed by atoms with Crippen LogP contribution in [0.2, 0.25) is 0 Å². The highest BCUT2D eigenvalue weighted by Gasteiger charge is 2.16. The van der Waals surface area contributed by atoms with Crippen molar-refractivity contribution in [3.8, 4) is 11.5 Å². The Hall–Kier alpha value is -2.50. The Bertz CT molecular complexity index is 542. The Balaban J connectivity index is 3.11. The summed E-state index contributed by atoms with van der Waals surface area (Å²) in [5.41, 5.74) is 23.1. The van der Waals surface area contributed by atoms with Gasteiger partial charge in [-0.2, -0.15) is 0 Å². The van der Waals surface area contributed by atoms with Crippen LogP contribution < -0.4 is 22.9 Å². The third kappa shape index (κ3) is 1.13. The molecule has 6 nitrogen and oxygen atoms in total. The number of nitrogens with two attached hydrogens (primary N) is 4. The molecular weight excluding hydrogens is 208 g/mol. The maximum Gasteiger partial charge on any atom is 0.148 e. The van der Waals surface area contributed by atoms with E-state index >= 15 is 0 Å². The highest BCUT2D eigenvalue weighted by molar-refractivity contribution is 6.12. The van der Waals surface area contributed by atoms with Gasteiger partial charge >= 0.3 is 0 Å². The number of rotatable bonds is 0. The van der Waals surface area contributed by atoms with Crippen molar-refractivity contribution in [2.24, 2.45) is 0 Å². The number of anilines is 4. The van der Waals surface area contributed by atoms with Crippen LogP contribution in [0.5, 0.6) is 11.5 Å². The van der Waals surface area contributed by atoms with Gasteiger partial charge in [0, 0.05) is 11.4 Å². The minimum atomic E-state index is -0.211. The number of fused-ring (bicyclic) bond motifs is 1. The maximum absolute atomic E-state index is 9.77. The molecule has 0 atom stereocenters. The molecule has 0 unspecified atom stereocenters. The normalized spacial score (nSPS) is 10.8. The first-order valence-corrected chi connectivity index (χ1v) is 4.51. The van der Waals surface area contributed by atoms with Gasteiger partial charge in [-0.25, -0.2) is 0 Å². The van der Waals surface area contributed by atoms with Gasteiger partial charge in [-0.1, -0.05) is 0 Å². The van der Waals surface area contributed by atoms with Gasteiger partial charge < -0.3 is 33.1 Å². The molecular formula is C10H12N4O2. The predicted octanol–water partition coefficient (Wildman–Crippen LogP) is 0.580. The molecule has 0 aliphatic carbocycles. The standard InChI is InChI=1S/C10H12N4O2/c11-3-1-5(13)9(15)8-4(12)2-6(14)10(16)7(3)8/h1-2,15-16H,11-14H2. The Morgan fingerprint density at radius 2 is 0.938 bits per heavy atom. The maximum atomic E-state index is 9.77. The molecule has 0 fully saturated rings. The molecule has 84 valence electrons. The molecule has 0 heterocycles. The van der Waals surface area contributed by atoms with Crippen LogP contribution in [-0.4, -0.2) is 10.2 Å². The molecule has 0 bridgehead atoms. The zero-order valence-electron chi connectivity index (χ0n) is 8.36. The van der Waals surface area contributed by atoms with E-state index in [9.17, 15) is 10.2 Å². The van der Waals surface area contributed by atoms with Crippen molar-refractivity contribution in [3.63, 3.8) is 0 Å². The summed E-state index contributed by atoms with van der Waals surface area (Å²) in [7, 11) is 0. The minimum Gasteiger partial charge on any atom is -0.505 e. The number of hydrogen-bond acceptors (Lipinski definition) is 6. The van der Waals surface area contributed by atoms with Gasteiger partial charge in [0.05, 0.1) is 22.1 Å². The highest BCUT2D eigenvalue weighted by Crippen LogP contribution is 2.45. The number of hydrogen-bond donors (Lipinski definition) is 6. The van der Waals surface area contributed by atoms with Crippen molar-refractivity contribution in [2.75, 3.05) is 22.9 Å². The zero-order chi connectivity index (χ0) is 12.0. The number of aromatic hydroxyl groups is 2. The molecule has 2 aromatic rings. The first-order chi connectivity index (χ1) is 7.43. The van der Waals surface area contributed by atoms with Crippen molar-refractivity contribution in [1.29, 1.82) is 0 Å². The summed E-state index contributed by atoms with van der Waals surface area (Å²) in [6.07, 6.45) is 0. The van der Waals surface area contributed by atoms with Crippen molar-refractivity contribution in [1.82, 2.24) is 0 Å². The monoisotopic (exact) mass is 220 g/mol. The first kappa shape index (κ1) is 10.0. The summed E-state index contributed by atoms with van der Waals surface area (Å²) >= 11 is 0. The van der Waals surface area contributed by atoms with Gasteiger partial charge in [-0.15, -0.1) is 0 Å². The lowest BCUT2D eigenvalue weighted by Gasteiger charge is -2.12. The molecule has 0 saturated heterocycles. The second kappa shape index (κ2) is 2.99. The second-order valence-electron chi connectivity index (χ2n) is 3.56. The molecule has 0 saturated carbocycles. The van der Waals surface area contributed by atoms with Gasteiger partial charge in [0.15, 0.2) is 0 Å². The Morgan fingerprint density at radius 1 is 0.625 bits per heavy atom. The van der Waals surface area contributed by atoms with Gasteiger partial charge in [0.25, 0.3) is 0 Å². The Morgan fingerprint density at radius 3 is 1.25 bits per heavy atom. The fourth-order valence-electron chi connectivity index (χ4n) is 1.70. The smallest absolute Gasteiger partial charge is 0.148 e. The zero-order valence-corrected chi connectivity index (χ0v) is 8.36. The third-order valence-electron chi connectivity index (χ3n) is 2.47. The van der Waals surface area contributed by atoms with Crippen LogP contribution >= 0.6 is 0 Å². The SMILES string of the molecule is Nc1cc(N)c2c(O)c(N)cc(N)c2c1O. The quantitative estimate of drug-likeness (QED) is 0.217. The molecule has 6 heteroatoms. The van der Waals surface area contributed by atoms with E-state index in [4.69, 9.17) is 22.9 Å². The Labute approximate surface area is 91.1 Å². The van der Waals surface area contributed by atoms with E-state index in [1.54, 1.807) is 0 Å². The highest BCUT2D eigenvalue weighted by atomic mass is 16.3. The van der Waals surface area contributed by atoms with Crippen LogP contribution in [0, 0.1) is 0 Å². The lowest BCUT2D eigenvalue weighted by atomic mass is 10.0. The lowest BCUT2D eigenvalue weighted by Crippen LogP contribution is -1.98. The summed E-state index contributed by atoms with van der Waals surface area (Å²) < 4.78 is 0. The molecule has 0 amide bonds. The molecule has 2 rings (SSSR count). The summed E-state index contributed by atoms with van der Waals surface area (Å²) in [6.45, 7) is 0. The summed E-state index contributed by atoms with van der Waals surface area (Å²) in [5, 5.41) is 20.0. The minimum absolute atomic E-state index is 0.0980. The summed E-state index contributed by atoms with van der Waals surface area (Å²) in [4.78, 5) is 0. The molecule has 0 radical (unpaired) electrons. The largest absolute Gasteiger partial charge is 0.505 e. The Kier molecular flexibility index (Phi) is 1.88. The van der Waals surface area contributed by atoms with Crippen LogP contribution in [0.4, 0.5) is 22.7 Å². The van der Waals surface area contributed by atoms with E-state index in [1.807, 2.05) is 0 Å². The van der Waals surface area contributed by atoms with E-state index in [1.165, 1.54) is 12.1 Å². The van der Waals surface area contributed by atoms with Crippen LogP contribution in [0.1, 0.15) is 0 Å². The van der Waals surface area contributed by atoms with Crippen molar-refractivity contribution >= 4 is 33.5 Å². The average molecular weight is 220 g/mol. The van der Waals surface area contributed by atoms with Crippen LogP contribution in [-0.2, 0) is 0 Å². The van der Waals surface area contributed by atoms with E-state index < -0.39 is 0 Å². The number of phenols is 2. The average Bonchev–Trinajstić information content (AvgIpc) is 2.20. The van der Waals surface area contributed by atoms with Crippen molar-refractivity contribution < 1.29 is 10.2 Å². The van der Waals surface area contributed by atoms with Crippen LogP contribution in [0.3, 0.4) is 0 Å². The number of nitrogen functional groups attached to an aromatic ring is 4.